The average molecular weight is 264 g/mol. The van der Waals surface area contributed by atoms with Crippen molar-refractivity contribution in [2.24, 2.45) is 5.73 Å². The molecule has 1 fully saturated rings. The normalized spacial score (nSPS) is 18.3. The highest BCUT2D eigenvalue weighted by molar-refractivity contribution is 5.75. The van der Waals surface area contributed by atoms with E-state index in [1.165, 1.54) is 19.3 Å². The SMILES string of the molecule is Cc1cc(C)n(CC(=O)NCC2(N)CCCCC2)n1. The first-order chi connectivity index (χ1) is 8.98. The zero-order valence-corrected chi connectivity index (χ0v) is 11.9. The third-order valence-electron chi connectivity index (χ3n) is 3.88. The van der Waals surface area contributed by atoms with Crippen molar-refractivity contribution < 1.29 is 4.79 Å². The number of aryl methyl sites for hydroxylation is 2. The van der Waals surface area contributed by atoms with Gasteiger partial charge in [0.1, 0.15) is 6.54 Å². The van der Waals surface area contributed by atoms with Crippen molar-refractivity contribution in [3.8, 4) is 0 Å². The lowest BCUT2D eigenvalue weighted by Crippen LogP contribution is -2.51. The Labute approximate surface area is 114 Å². The zero-order chi connectivity index (χ0) is 13.9. The monoisotopic (exact) mass is 264 g/mol. The molecule has 0 bridgehead atoms. The van der Waals surface area contributed by atoms with Crippen molar-refractivity contribution in [2.45, 2.75) is 58.0 Å². The number of carbonyl (C=O) groups is 1. The van der Waals surface area contributed by atoms with Crippen molar-refractivity contribution in [1.29, 1.82) is 0 Å². The van der Waals surface area contributed by atoms with E-state index in [1.807, 2.05) is 19.9 Å². The molecule has 1 aromatic rings. The first kappa shape index (κ1) is 14.1. The van der Waals surface area contributed by atoms with E-state index in [2.05, 4.69) is 10.4 Å². The van der Waals surface area contributed by atoms with Crippen molar-refractivity contribution in [2.75, 3.05) is 6.54 Å². The van der Waals surface area contributed by atoms with E-state index in [-0.39, 0.29) is 18.0 Å². The molecule has 1 saturated carbocycles. The lowest BCUT2D eigenvalue weighted by atomic mass is 9.82. The highest BCUT2D eigenvalue weighted by Gasteiger charge is 2.27. The smallest absolute Gasteiger partial charge is 0.241 e. The topological polar surface area (TPSA) is 72.9 Å². The van der Waals surface area contributed by atoms with E-state index in [0.29, 0.717) is 6.54 Å². The van der Waals surface area contributed by atoms with Crippen molar-refractivity contribution in [1.82, 2.24) is 15.1 Å². The Balaban J connectivity index is 1.83. The first-order valence-electron chi connectivity index (χ1n) is 7.05. The van der Waals surface area contributed by atoms with Gasteiger partial charge in [-0.15, -0.1) is 0 Å². The number of nitrogens with one attached hydrogen (secondary N) is 1. The van der Waals surface area contributed by atoms with Gasteiger partial charge in [-0.05, 0) is 32.8 Å². The van der Waals surface area contributed by atoms with Crippen molar-refractivity contribution in [3.63, 3.8) is 0 Å². The van der Waals surface area contributed by atoms with Crippen molar-refractivity contribution in [3.05, 3.63) is 17.5 Å². The molecule has 1 aromatic heterocycles. The fourth-order valence-electron chi connectivity index (χ4n) is 2.73. The highest BCUT2D eigenvalue weighted by Crippen LogP contribution is 2.25. The van der Waals surface area contributed by atoms with Crippen LogP contribution in [0.5, 0.6) is 0 Å². The Morgan fingerprint density at radius 3 is 2.68 bits per heavy atom. The van der Waals surface area contributed by atoms with E-state index in [0.717, 1.165) is 24.2 Å². The molecule has 1 amide bonds. The number of nitrogens with two attached hydrogens (primary N) is 1. The molecule has 0 radical (unpaired) electrons. The fraction of sp³-hybridized carbons (Fsp3) is 0.714. The van der Waals surface area contributed by atoms with E-state index >= 15 is 0 Å². The van der Waals surface area contributed by atoms with Crippen molar-refractivity contribution >= 4 is 5.91 Å². The molecular weight excluding hydrogens is 240 g/mol. The Hall–Kier alpha value is -1.36. The van der Waals surface area contributed by atoms with Gasteiger partial charge in [0.05, 0.1) is 5.69 Å². The molecule has 5 heteroatoms. The third kappa shape index (κ3) is 3.80. The molecule has 2 rings (SSSR count). The third-order valence-corrected chi connectivity index (χ3v) is 3.88. The Morgan fingerprint density at radius 2 is 2.11 bits per heavy atom. The molecule has 0 saturated heterocycles. The average Bonchev–Trinajstić information content (AvgIpc) is 2.66. The second-order valence-corrected chi connectivity index (χ2v) is 5.78. The minimum Gasteiger partial charge on any atom is -0.353 e. The maximum atomic E-state index is 11.9. The van der Waals surface area contributed by atoms with Gasteiger partial charge in [0.15, 0.2) is 0 Å². The Bertz CT molecular complexity index is 446. The quantitative estimate of drug-likeness (QED) is 0.860. The summed E-state index contributed by atoms with van der Waals surface area (Å²) in [5.41, 5.74) is 8.04. The molecule has 0 spiro atoms. The Kier molecular flexibility index (Phi) is 4.24. The molecule has 0 unspecified atom stereocenters. The van der Waals surface area contributed by atoms with Gasteiger partial charge in [0, 0.05) is 17.8 Å². The first-order valence-corrected chi connectivity index (χ1v) is 7.05. The standard InChI is InChI=1S/C14H24N4O/c1-11-8-12(2)18(17-11)9-13(19)16-10-14(15)6-4-3-5-7-14/h8H,3-7,9-10,15H2,1-2H3,(H,16,19). The molecule has 1 aliphatic carbocycles. The van der Waals surface area contributed by atoms with Crippen LogP contribution < -0.4 is 11.1 Å². The van der Waals surface area contributed by atoms with E-state index < -0.39 is 0 Å². The number of carbonyl (C=O) groups excluding carboxylic acids is 1. The molecule has 0 atom stereocenters. The van der Waals surface area contributed by atoms with Gasteiger partial charge in [-0.1, -0.05) is 19.3 Å². The summed E-state index contributed by atoms with van der Waals surface area (Å²) in [5, 5.41) is 7.24. The predicted molar refractivity (Wildman–Crippen MR) is 74.7 cm³/mol. The van der Waals surface area contributed by atoms with Crippen LogP contribution in [0.1, 0.15) is 43.5 Å². The molecule has 0 aromatic carbocycles. The maximum Gasteiger partial charge on any atom is 0.241 e. The lowest BCUT2D eigenvalue weighted by molar-refractivity contribution is -0.122. The number of rotatable bonds is 4. The van der Waals surface area contributed by atoms with Crippen LogP contribution in [0.3, 0.4) is 0 Å². The summed E-state index contributed by atoms with van der Waals surface area (Å²) in [4.78, 5) is 11.9. The summed E-state index contributed by atoms with van der Waals surface area (Å²) in [5.74, 6) is -0.0124. The molecule has 106 valence electrons. The number of nitrogens with zero attached hydrogens (tertiary/aromatic N) is 2. The summed E-state index contributed by atoms with van der Waals surface area (Å²) in [7, 11) is 0. The van der Waals surface area contributed by atoms with Crippen LogP contribution in [-0.2, 0) is 11.3 Å². The van der Waals surface area contributed by atoms with E-state index in [1.54, 1.807) is 4.68 Å². The molecular formula is C14H24N4O. The van der Waals surface area contributed by atoms with E-state index in [9.17, 15) is 4.79 Å². The minimum absolute atomic E-state index is 0.0124. The van der Waals surface area contributed by atoms with Gasteiger partial charge < -0.3 is 11.1 Å². The largest absolute Gasteiger partial charge is 0.353 e. The van der Waals surface area contributed by atoms with Gasteiger partial charge in [0.25, 0.3) is 0 Å². The van der Waals surface area contributed by atoms with Gasteiger partial charge in [-0.25, -0.2) is 0 Å². The van der Waals surface area contributed by atoms with Gasteiger partial charge in [-0.3, -0.25) is 9.48 Å². The predicted octanol–water partition coefficient (Wildman–Crippen LogP) is 1.28. The summed E-state index contributed by atoms with van der Waals surface area (Å²) >= 11 is 0. The summed E-state index contributed by atoms with van der Waals surface area (Å²) in [6, 6.07) is 1.97. The van der Waals surface area contributed by atoms with Crippen LogP contribution in [0.4, 0.5) is 0 Å². The van der Waals surface area contributed by atoms with Crippen LogP contribution in [0.15, 0.2) is 6.07 Å². The second-order valence-electron chi connectivity index (χ2n) is 5.78. The molecule has 0 aliphatic heterocycles. The zero-order valence-electron chi connectivity index (χ0n) is 11.9. The van der Waals surface area contributed by atoms with Crippen LogP contribution in [0, 0.1) is 13.8 Å². The summed E-state index contributed by atoms with van der Waals surface area (Å²) in [6.07, 6.45) is 5.62. The lowest BCUT2D eigenvalue weighted by Gasteiger charge is -2.33. The number of hydrogen-bond acceptors (Lipinski definition) is 3. The number of amides is 1. The summed E-state index contributed by atoms with van der Waals surface area (Å²) < 4.78 is 1.73. The summed E-state index contributed by atoms with van der Waals surface area (Å²) in [6.45, 7) is 4.73. The molecule has 1 heterocycles. The molecule has 19 heavy (non-hydrogen) atoms. The fourth-order valence-corrected chi connectivity index (χ4v) is 2.73. The highest BCUT2D eigenvalue weighted by atomic mass is 16.2. The Morgan fingerprint density at radius 1 is 1.42 bits per heavy atom. The number of hydrogen-bond donors (Lipinski definition) is 2. The molecule has 3 N–H and O–H groups in total. The van der Waals surface area contributed by atoms with E-state index in [4.69, 9.17) is 5.73 Å². The maximum absolute atomic E-state index is 11.9. The minimum atomic E-state index is -0.205. The van der Waals surface area contributed by atoms with Gasteiger partial charge in [-0.2, -0.15) is 5.10 Å². The van der Waals surface area contributed by atoms with Gasteiger partial charge in [0.2, 0.25) is 5.91 Å². The second kappa shape index (κ2) is 5.74. The van der Waals surface area contributed by atoms with Gasteiger partial charge >= 0.3 is 0 Å². The van der Waals surface area contributed by atoms with Crippen LogP contribution in [0.25, 0.3) is 0 Å². The van der Waals surface area contributed by atoms with Crippen LogP contribution in [-0.4, -0.2) is 27.8 Å². The molecule has 1 aliphatic rings. The number of aromatic nitrogens is 2. The molecule has 5 nitrogen and oxygen atoms in total. The van der Waals surface area contributed by atoms with Crippen LogP contribution in [0.2, 0.25) is 0 Å². The van der Waals surface area contributed by atoms with Crippen LogP contribution >= 0.6 is 0 Å².